The van der Waals surface area contributed by atoms with Crippen molar-refractivity contribution in [3.8, 4) is 15.8 Å². The van der Waals surface area contributed by atoms with Crippen LogP contribution in [0.15, 0.2) is 72.9 Å². The van der Waals surface area contributed by atoms with Crippen molar-refractivity contribution in [2.24, 2.45) is 0 Å². The molecule has 0 aliphatic carbocycles. The number of rotatable bonds is 7. The average Bonchev–Trinajstić information content (AvgIpc) is 3.40. The predicted molar refractivity (Wildman–Crippen MR) is 119 cm³/mol. The van der Waals surface area contributed by atoms with Crippen LogP contribution in [0, 0.1) is 6.92 Å². The van der Waals surface area contributed by atoms with E-state index in [9.17, 15) is 9.90 Å². The zero-order chi connectivity index (χ0) is 21.6. The minimum Gasteiger partial charge on any atom is -0.397 e. The lowest BCUT2D eigenvalue weighted by molar-refractivity contribution is 0.151. The fraction of sp³-hybridized carbons (Fsp3) is 0.174. The second-order valence-corrected chi connectivity index (χ2v) is 7.93. The van der Waals surface area contributed by atoms with Gasteiger partial charge in [-0.2, -0.15) is 5.10 Å². The highest BCUT2D eigenvalue weighted by Crippen LogP contribution is 2.33. The molecule has 0 bridgehead atoms. The number of ether oxygens (including phenoxy) is 1. The van der Waals surface area contributed by atoms with E-state index in [2.05, 4.69) is 15.4 Å². The second-order valence-electron chi connectivity index (χ2n) is 6.97. The first-order valence-electron chi connectivity index (χ1n) is 9.82. The number of nitrogens with one attached hydrogen (secondary N) is 1. The number of aromatic nitrogens is 3. The summed E-state index contributed by atoms with van der Waals surface area (Å²) < 4.78 is 7.11. The number of hydrogen-bond donors (Lipinski definition) is 2. The largest absolute Gasteiger partial charge is 0.413 e. The van der Waals surface area contributed by atoms with Crippen molar-refractivity contribution in [2.75, 3.05) is 0 Å². The number of amides is 1. The van der Waals surface area contributed by atoms with Gasteiger partial charge >= 0.3 is 6.09 Å². The van der Waals surface area contributed by atoms with Crippen molar-refractivity contribution < 1.29 is 14.6 Å². The lowest BCUT2D eigenvalue weighted by Crippen LogP contribution is -2.26. The summed E-state index contributed by atoms with van der Waals surface area (Å²) in [5, 5.41) is 18.7. The van der Waals surface area contributed by atoms with Gasteiger partial charge in [0.15, 0.2) is 0 Å². The first-order chi connectivity index (χ1) is 15.1. The SMILES string of the molecule is Cc1nc(-c2ccn(C[C@H](O)c3ccccc3)n2)sc1OC(=O)NCc1ccccc1. The van der Waals surface area contributed by atoms with Gasteiger partial charge in [-0.05, 0) is 24.1 Å². The molecule has 8 heteroatoms. The summed E-state index contributed by atoms with van der Waals surface area (Å²) >= 11 is 1.26. The molecule has 7 nitrogen and oxygen atoms in total. The fourth-order valence-electron chi connectivity index (χ4n) is 3.01. The molecule has 0 saturated heterocycles. The molecule has 4 aromatic rings. The van der Waals surface area contributed by atoms with E-state index in [1.165, 1.54) is 11.3 Å². The molecule has 0 aliphatic heterocycles. The first kappa shape index (κ1) is 20.8. The molecule has 0 aliphatic rings. The van der Waals surface area contributed by atoms with Crippen LogP contribution in [-0.4, -0.2) is 26.0 Å². The van der Waals surface area contributed by atoms with Crippen molar-refractivity contribution >= 4 is 17.4 Å². The summed E-state index contributed by atoms with van der Waals surface area (Å²) in [6.45, 7) is 2.51. The smallest absolute Gasteiger partial charge is 0.397 e. The molecule has 0 fully saturated rings. The van der Waals surface area contributed by atoms with Crippen molar-refractivity contribution in [3.63, 3.8) is 0 Å². The summed E-state index contributed by atoms with van der Waals surface area (Å²) in [7, 11) is 0. The Labute approximate surface area is 184 Å². The third-order valence-electron chi connectivity index (χ3n) is 4.62. The summed E-state index contributed by atoms with van der Waals surface area (Å²) in [4.78, 5) is 16.6. The monoisotopic (exact) mass is 434 g/mol. The van der Waals surface area contributed by atoms with Gasteiger partial charge < -0.3 is 15.2 Å². The molecule has 1 amide bonds. The number of aliphatic hydroxyl groups is 1. The highest BCUT2D eigenvalue weighted by Gasteiger charge is 2.16. The Hall–Kier alpha value is -3.49. The Morgan fingerprint density at radius 1 is 1.13 bits per heavy atom. The van der Waals surface area contributed by atoms with Crippen LogP contribution in [0.5, 0.6) is 5.06 Å². The van der Waals surface area contributed by atoms with E-state index in [0.717, 1.165) is 11.1 Å². The number of carbonyl (C=O) groups is 1. The van der Waals surface area contributed by atoms with Crippen molar-refractivity contribution in [1.82, 2.24) is 20.1 Å². The van der Waals surface area contributed by atoms with Gasteiger partial charge in [-0.15, -0.1) is 0 Å². The van der Waals surface area contributed by atoms with Gasteiger partial charge in [0.05, 0.1) is 18.3 Å². The number of thiazole rings is 1. The molecule has 4 rings (SSSR count). The minimum atomic E-state index is -0.654. The number of aliphatic hydroxyl groups excluding tert-OH is 1. The van der Waals surface area contributed by atoms with Crippen LogP contribution in [-0.2, 0) is 13.1 Å². The highest BCUT2D eigenvalue weighted by molar-refractivity contribution is 7.17. The van der Waals surface area contributed by atoms with E-state index >= 15 is 0 Å². The Morgan fingerprint density at radius 3 is 2.58 bits per heavy atom. The molecule has 0 unspecified atom stereocenters. The van der Waals surface area contributed by atoms with Crippen molar-refractivity contribution in [3.05, 3.63) is 89.7 Å². The Morgan fingerprint density at radius 2 is 1.84 bits per heavy atom. The van der Waals surface area contributed by atoms with E-state index in [0.29, 0.717) is 34.5 Å². The lowest BCUT2D eigenvalue weighted by atomic mass is 10.1. The molecule has 158 valence electrons. The average molecular weight is 435 g/mol. The van der Waals surface area contributed by atoms with Crippen LogP contribution in [0.1, 0.15) is 22.9 Å². The minimum absolute atomic E-state index is 0.333. The van der Waals surface area contributed by atoms with Crippen LogP contribution >= 0.6 is 11.3 Å². The molecule has 31 heavy (non-hydrogen) atoms. The van der Waals surface area contributed by atoms with Gasteiger partial charge in [0.25, 0.3) is 0 Å². The third kappa shape index (κ3) is 5.36. The van der Waals surface area contributed by atoms with Crippen LogP contribution in [0.2, 0.25) is 0 Å². The quantitative estimate of drug-likeness (QED) is 0.452. The van der Waals surface area contributed by atoms with Gasteiger partial charge in [0, 0.05) is 12.7 Å². The summed E-state index contributed by atoms with van der Waals surface area (Å²) in [6.07, 6.45) is 0.614. The van der Waals surface area contributed by atoms with E-state index in [1.807, 2.05) is 66.7 Å². The molecule has 0 saturated carbocycles. The van der Waals surface area contributed by atoms with Gasteiger partial charge in [-0.3, -0.25) is 4.68 Å². The number of nitrogens with zero attached hydrogens (tertiary/aromatic N) is 3. The first-order valence-corrected chi connectivity index (χ1v) is 10.6. The molecule has 0 spiro atoms. The van der Waals surface area contributed by atoms with E-state index in [-0.39, 0.29) is 0 Å². The summed E-state index contributed by atoms with van der Waals surface area (Å²) in [5.41, 5.74) is 3.10. The maximum absolute atomic E-state index is 12.1. The van der Waals surface area contributed by atoms with E-state index < -0.39 is 12.2 Å². The van der Waals surface area contributed by atoms with Gasteiger partial charge in [0.1, 0.15) is 10.7 Å². The molecular formula is C23H22N4O3S. The maximum atomic E-state index is 12.1. The fourth-order valence-corrected chi connectivity index (χ4v) is 3.89. The summed E-state index contributed by atoms with van der Waals surface area (Å²) in [5.74, 6) is 0. The Balaban J connectivity index is 1.38. The number of aryl methyl sites for hydroxylation is 1. The Kier molecular flexibility index (Phi) is 6.40. The number of hydrogen-bond acceptors (Lipinski definition) is 6. The van der Waals surface area contributed by atoms with E-state index in [4.69, 9.17) is 4.74 Å². The molecular weight excluding hydrogens is 412 g/mol. The standard InChI is InChI=1S/C23H22N4O3S/c1-16-22(30-23(29)24-14-17-8-4-2-5-9-17)31-21(25-16)19-12-13-27(26-19)15-20(28)18-10-6-3-7-11-18/h2-13,20,28H,14-15H2,1H3,(H,24,29)/t20-/m0/s1. The van der Waals surface area contributed by atoms with Crippen LogP contribution in [0.25, 0.3) is 10.7 Å². The topological polar surface area (TPSA) is 89.3 Å². The Bertz CT molecular complexity index is 1140. The predicted octanol–water partition coefficient (Wildman–Crippen LogP) is 4.34. The molecule has 2 N–H and O–H groups in total. The zero-order valence-electron chi connectivity index (χ0n) is 16.9. The van der Waals surface area contributed by atoms with Crippen molar-refractivity contribution in [2.45, 2.75) is 26.1 Å². The molecule has 0 radical (unpaired) electrons. The van der Waals surface area contributed by atoms with Gasteiger partial charge in [-0.1, -0.05) is 72.0 Å². The van der Waals surface area contributed by atoms with Crippen LogP contribution < -0.4 is 10.1 Å². The molecule has 1 atom stereocenters. The maximum Gasteiger partial charge on any atom is 0.413 e. The van der Waals surface area contributed by atoms with Gasteiger partial charge in [0.2, 0.25) is 5.06 Å². The third-order valence-corrected chi connectivity index (χ3v) is 5.68. The van der Waals surface area contributed by atoms with E-state index in [1.54, 1.807) is 17.8 Å². The van der Waals surface area contributed by atoms with Crippen molar-refractivity contribution in [1.29, 1.82) is 0 Å². The van der Waals surface area contributed by atoms with Gasteiger partial charge in [-0.25, -0.2) is 9.78 Å². The molecule has 2 heterocycles. The van der Waals surface area contributed by atoms with Crippen LogP contribution in [0.3, 0.4) is 0 Å². The number of carbonyl (C=O) groups excluding carboxylic acids is 1. The molecule has 2 aromatic carbocycles. The number of benzene rings is 2. The molecule has 2 aromatic heterocycles. The second kappa shape index (κ2) is 9.55. The van der Waals surface area contributed by atoms with Crippen LogP contribution in [0.4, 0.5) is 4.79 Å². The summed E-state index contributed by atoms with van der Waals surface area (Å²) in [6, 6.07) is 20.9. The normalized spacial score (nSPS) is 11.8. The zero-order valence-corrected chi connectivity index (χ0v) is 17.7. The highest BCUT2D eigenvalue weighted by atomic mass is 32.1. The lowest BCUT2D eigenvalue weighted by Gasteiger charge is -2.10.